The van der Waals surface area contributed by atoms with Gasteiger partial charge in [-0.15, -0.1) is 0 Å². The summed E-state index contributed by atoms with van der Waals surface area (Å²) < 4.78 is 75.4. The first-order chi connectivity index (χ1) is 8.93. The van der Waals surface area contributed by atoms with E-state index in [2.05, 4.69) is 5.32 Å². The Balaban J connectivity index is 3.26. The van der Waals surface area contributed by atoms with Gasteiger partial charge in [0.25, 0.3) is 0 Å². The van der Waals surface area contributed by atoms with Gasteiger partial charge in [0.2, 0.25) is 0 Å². The molecule has 0 aliphatic rings. The minimum Gasteiger partial charge on any atom is -0.331 e. The Morgan fingerprint density at radius 2 is 1.50 bits per heavy atom. The van der Waals surface area contributed by atoms with Gasteiger partial charge in [0.05, 0.1) is 11.1 Å². The van der Waals surface area contributed by atoms with Crippen LogP contribution in [0.4, 0.5) is 36.8 Å². The number of anilines is 1. The highest BCUT2D eigenvalue weighted by atomic mass is 19.4. The van der Waals surface area contributed by atoms with Crippen molar-refractivity contribution in [3.63, 3.8) is 0 Å². The first-order valence-electron chi connectivity index (χ1n) is 5.19. The third-order valence-corrected chi connectivity index (χ3v) is 2.29. The number of alkyl halides is 6. The van der Waals surface area contributed by atoms with Crippen LogP contribution in [0.25, 0.3) is 0 Å². The number of rotatable bonds is 1. The second-order valence-corrected chi connectivity index (χ2v) is 4.08. The second-order valence-electron chi connectivity index (χ2n) is 4.08. The summed E-state index contributed by atoms with van der Waals surface area (Å²) in [6.07, 6.45) is -10.3. The maximum atomic E-state index is 12.6. The molecule has 112 valence electrons. The average Bonchev–Trinajstić information content (AvgIpc) is 2.26. The molecule has 0 saturated heterocycles. The Morgan fingerprint density at radius 3 is 1.90 bits per heavy atom. The summed E-state index contributed by atoms with van der Waals surface area (Å²) in [7, 11) is 2.67. The largest absolute Gasteiger partial charge is 0.417 e. The zero-order valence-electron chi connectivity index (χ0n) is 10.4. The van der Waals surface area contributed by atoms with Gasteiger partial charge >= 0.3 is 18.4 Å². The predicted octanol–water partition coefficient (Wildman–Crippen LogP) is 3.82. The molecule has 20 heavy (non-hydrogen) atoms. The molecule has 9 heteroatoms. The highest BCUT2D eigenvalue weighted by Crippen LogP contribution is 2.41. The number of benzene rings is 1. The third-order valence-electron chi connectivity index (χ3n) is 2.29. The van der Waals surface area contributed by atoms with E-state index in [0.717, 1.165) is 11.0 Å². The Morgan fingerprint density at radius 1 is 1.00 bits per heavy atom. The molecule has 1 rings (SSSR count). The molecule has 0 aliphatic heterocycles. The fourth-order valence-electron chi connectivity index (χ4n) is 1.34. The zero-order chi connectivity index (χ0) is 15.7. The first kappa shape index (κ1) is 16.1. The minimum atomic E-state index is -5.18. The highest BCUT2D eigenvalue weighted by Gasteiger charge is 2.43. The number of carbonyl (C=O) groups is 1. The fourth-order valence-corrected chi connectivity index (χ4v) is 1.34. The second kappa shape index (κ2) is 5.22. The van der Waals surface area contributed by atoms with E-state index in [-0.39, 0.29) is 17.8 Å². The van der Waals surface area contributed by atoms with Crippen molar-refractivity contribution >= 4 is 11.7 Å². The number of carbonyl (C=O) groups excluding carboxylic acids is 1. The van der Waals surface area contributed by atoms with E-state index in [1.54, 1.807) is 0 Å². The Kier molecular flexibility index (Phi) is 4.21. The maximum absolute atomic E-state index is 12.6. The third kappa shape index (κ3) is 3.78. The summed E-state index contributed by atoms with van der Waals surface area (Å²) in [6, 6.07) is 0.551. The summed E-state index contributed by atoms with van der Waals surface area (Å²) in [5, 5.41) is 2.05. The van der Waals surface area contributed by atoms with Crippen molar-refractivity contribution in [3.05, 3.63) is 29.3 Å². The lowest BCUT2D eigenvalue weighted by Gasteiger charge is -2.18. The molecule has 1 N–H and O–H groups in total. The van der Waals surface area contributed by atoms with Crippen LogP contribution in [-0.4, -0.2) is 25.0 Å². The van der Waals surface area contributed by atoms with Gasteiger partial charge < -0.3 is 10.2 Å². The van der Waals surface area contributed by atoms with Gasteiger partial charge in [0.1, 0.15) is 0 Å². The van der Waals surface area contributed by atoms with Crippen LogP contribution in [-0.2, 0) is 12.4 Å². The molecule has 0 fully saturated rings. The van der Waals surface area contributed by atoms with Crippen molar-refractivity contribution in [3.8, 4) is 0 Å². The van der Waals surface area contributed by atoms with Gasteiger partial charge in [-0.2, -0.15) is 26.3 Å². The molecule has 0 atom stereocenters. The molecule has 1 aromatic rings. The molecule has 0 radical (unpaired) electrons. The van der Waals surface area contributed by atoms with Gasteiger partial charge in [-0.05, 0) is 18.2 Å². The average molecular weight is 300 g/mol. The molecule has 0 unspecified atom stereocenters. The van der Waals surface area contributed by atoms with Crippen molar-refractivity contribution in [1.82, 2.24) is 4.90 Å². The molecule has 0 heterocycles. The fraction of sp³-hybridized carbons (Fsp3) is 0.364. The van der Waals surface area contributed by atoms with Crippen LogP contribution in [0.3, 0.4) is 0 Å². The molecule has 2 amide bonds. The Labute approximate surface area is 110 Å². The Bertz CT molecular complexity index is 507. The smallest absolute Gasteiger partial charge is 0.331 e. The molecule has 3 nitrogen and oxygen atoms in total. The quantitative estimate of drug-likeness (QED) is 0.786. The maximum Gasteiger partial charge on any atom is 0.417 e. The number of nitrogens with one attached hydrogen (secondary N) is 1. The number of urea groups is 1. The van der Waals surface area contributed by atoms with Crippen molar-refractivity contribution in [2.75, 3.05) is 19.4 Å². The van der Waals surface area contributed by atoms with Gasteiger partial charge in [-0.3, -0.25) is 0 Å². The van der Waals surface area contributed by atoms with E-state index in [1.807, 2.05) is 0 Å². The van der Waals surface area contributed by atoms with Crippen LogP contribution in [0.1, 0.15) is 11.1 Å². The van der Waals surface area contributed by atoms with E-state index in [1.165, 1.54) is 14.1 Å². The molecule has 1 aromatic carbocycles. The molecule has 0 aromatic heterocycles. The molecule has 0 spiro atoms. The van der Waals surface area contributed by atoms with E-state index < -0.39 is 29.5 Å². The molecule has 0 aliphatic carbocycles. The summed E-state index contributed by atoms with van der Waals surface area (Å²) in [5.41, 5.74) is -4.02. The van der Waals surface area contributed by atoms with Crippen molar-refractivity contribution in [1.29, 1.82) is 0 Å². The van der Waals surface area contributed by atoms with Crippen molar-refractivity contribution in [2.45, 2.75) is 12.4 Å². The van der Waals surface area contributed by atoms with Gasteiger partial charge in [0.15, 0.2) is 0 Å². The van der Waals surface area contributed by atoms with E-state index in [9.17, 15) is 31.1 Å². The molecule has 0 bridgehead atoms. The summed E-state index contributed by atoms with van der Waals surface area (Å²) in [6.45, 7) is 0. The summed E-state index contributed by atoms with van der Waals surface area (Å²) in [4.78, 5) is 12.3. The lowest BCUT2D eigenvalue weighted by atomic mass is 10.1. The first-order valence-corrected chi connectivity index (χ1v) is 5.19. The van der Waals surface area contributed by atoms with Crippen LogP contribution in [0.15, 0.2) is 18.2 Å². The molecular weight excluding hydrogens is 290 g/mol. The van der Waals surface area contributed by atoms with E-state index in [4.69, 9.17) is 0 Å². The standard InChI is InChI=1S/C11H10F6N2O/c1-19(2)9(20)18-6-3-4-7(10(12,13)14)8(5-6)11(15,16)17/h3-5H,1-2H3,(H,18,20). The van der Waals surface area contributed by atoms with E-state index in [0.29, 0.717) is 0 Å². The van der Waals surface area contributed by atoms with Crippen LogP contribution in [0.5, 0.6) is 0 Å². The van der Waals surface area contributed by atoms with Crippen molar-refractivity contribution in [2.24, 2.45) is 0 Å². The number of halogens is 6. The number of nitrogens with zero attached hydrogens (tertiary/aromatic N) is 1. The number of amides is 2. The molecular formula is C11H10F6N2O. The van der Waals surface area contributed by atoms with Crippen LogP contribution < -0.4 is 5.32 Å². The predicted molar refractivity (Wildman–Crippen MR) is 59.2 cm³/mol. The molecule has 0 saturated carbocycles. The number of hydrogen-bond donors (Lipinski definition) is 1. The lowest BCUT2D eigenvalue weighted by molar-refractivity contribution is -0.162. The lowest BCUT2D eigenvalue weighted by Crippen LogP contribution is -2.27. The topological polar surface area (TPSA) is 32.3 Å². The SMILES string of the molecule is CN(C)C(=O)Nc1ccc(C(F)(F)F)c(C(F)(F)F)c1. The zero-order valence-corrected chi connectivity index (χ0v) is 10.4. The van der Waals surface area contributed by atoms with Gasteiger partial charge in [0, 0.05) is 19.8 Å². The van der Waals surface area contributed by atoms with Crippen LogP contribution in [0, 0.1) is 0 Å². The number of hydrogen-bond acceptors (Lipinski definition) is 1. The monoisotopic (exact) mass is 300 g/mol. The minimum absolute atomic E-state index is 0.254. The highest BCUT2D eigenvalue weighted by molar-refractivity contribution is 5.89. The Hall–Kier alpha value is -1.93. The normalized spacial score (nSPS) is 12.2. The summed E-state index contributed by atoms with van der Waals surface area (Å²) in [5.74, 6) is 0. The van der Waals surface area contributed by atoms with Gasteiger partial charge in [-0.25, -0.2) is 4.79 Å². The van der Waals surface area contributed by atoms with Gasteiger partial charge in [-0.1, -0.05) is 0 Å². The van der Waals surface area contributed by atoms with Crippen LogP contribution in [0.2, 0.25) is 0 Å². The van der Waals surface area contributed by atoms with Crippen LogP contribution >= 0.6 is 0 Å². The summed E-state index contributed by atoms with van der Waals surface area (Å²) >= 11 is 0. The van der Waals surface area contributed by atoms with E-state index >= 15 is 0 Å². The van der Waals surface area contributed by atoms with Crippen molar-refractivity contribution < 1.29 is 31.1 Å².